The van der Waals surface area contributed by atoms with E-state index in [-0.39, 0.29) is 0 Å². The lowest BCUT2D eigenvalue weighted by atomic mass is 10.2. The fourth-order valence-electron chi connectivity index (χ4n) is 1.19. The van der Waals surface area contributed by atoms with Crippen LogP contribution in [0.4, 0.5) is 4.79 Å². The molecule has 0 saturated heterocycles. The molecule has 0 aliphatic rings. The van der Waals surface area contributed by atoms with Gasteiger partial charge in [0.15, 0.2) is 6.04 Å². The molecule has 94 valence electrons. The molecule has 0 aromatic carbocycles. The summed E-state index contributed by atoms with van der Waals surface area (Å²) >= 11 is 0. The predicted octanol–water partition coefficient (Wildman–Crippen LogP) is 0.0853. The van der Waals surface area contributed by atoms with Crippen LogP contribution in [0.5, 0.6) is 0 Å². The van der Waals surface area contributed by atoms with Gasteiger partial charge in [0, 0.05) is 0 Å². The molecule has 17 heavy (non-hydrogen) atoms. The van der Waals surface area contributed by atoms with Gasteiger partial charge in [0.1, 0.15) is 5.76 Å². The molecule has 2 atom stereocenters. The second-order valence-electron chi connectivity index (χ2n) is 3.43. The molecule has 0 bridgehead atoms. The molecule has 0 spiro atoms. The van der Waals surface area contributed by atoms with E-state index in [2.05, 4.69) is 10.6 Å². The van der Waals surface area contributed by atoms with Crippen LogP contribution in [0, 0.1) is 0 Å². The summed E-state index contributed by atoms with van der Waals surface area (Å²) in [6, 6.07) is 0.970. The maximum Gasteiger partial charge on any atom is 0.328 e. The average Bonchev–Trinajstić information content (AvgIpc) is 2.78. The average molecular weight is 242 g/mol. The van der Waals surface area contributed by atoms with Gasteiger partial charge in [-0.1, -0.05) is 0 Å². The lowest BCUT2D eigenvalue weighted by Crippen LogP contribution is -2.48. The van der Waals surface area contributed by atoms with Crippen molar-refractivity contribution in [2.45, 2.75) is 19.0 Å². The minimum atomic E-state index is -1.32. The van der Waals surface area contributed by atoms with Gasteiger partial charge in [0.2, 0.25) is 0 Å². The SMILES string of the molecule is CC(NC(=O)N[C@H](CO)C(=O)O)c1ccco1. The van der Waals surface area contributed by atoms with Crippen molar-refractivity contribution in [1.82, 2.24) is 10.6 Å². The largest absolute Gasteiger partial charge is 0.480 e. The third-order valence-corrected chi connectivity index (χ3v) is 2.10. The molecule has 7 heteroatoms. The second-order valence-corrected chi connectivity index (χ2v) is 3.43. The highest BCUT2D eigenvalue weighted by Crippen LogP contribution is 2.11. The molecule has 1 aromatic rings. The molecule has 4 N–H and O–H groups in total. The predicted molar refractivity (Wildman–Crippen MR) is 57.3 cm³/mol. The number of urea groups is 1. The second kappa shape index (κ2) is 5.90. The number of hydrogen-bond acceptors (Lipinski definition) is 4. The molecule has 0 radical (unpaired) electrons. The highest BCUT2D eigenvalue weighted by atomic mass is 16.4. The molecule has 0 fully saturated rings. The molecule has 1 rings (SSSR count). The maximum absolute atomic E-state index is 11.4. The number of carboxylic acid groups (broad SMARTS) is 1. The first-order valence-electron chi connectivity index (χ1n) is 4.98. The van der Waals surface area contributed by atoms with Crippen molar-refractivity contribution in [3.05, 3.63) is 24.2 Å². The Bertz CT molecular complexity index is 376. The standard InChI is InChI=1S/C10H14N2O5/c1-6(8-3-2-4-17-8)11-10(16)12-7(5-13)9(14)15/h2-4,6-7,13H,5H2,1H3,(H,14,15)(H2,11,12,16)/t6?,7-/m1/s1. The number of carbonyl (C=O) groups excluding carboxylic acids is 1. The van der Waals surface area contributed by atoms with E-state index in [1.54, 1.807) is 19.1 Å². The summed E-state index contributed by atoms with van der Waals surface area (Å²) in [5.41, 5.74) is 0. The van der Waals surface area contributed by atoms with E-state index >= 15 is 0 Å². The summed E-state index contributed by atoms with van der Waals surface area (Å²) in [5.74, 6) is -0.746. The van der Waals surface area contributed by atoms with E-state index in [1.807, 2.05) is 0 Å². The van der Waals surface area contributed by atoms with Gasteiger partial charge in [-0.25, -0.2) is 9.59 Å². The number of aliphatic hydroxyl groups is 1. The summed E-state index contributed by atoms with van der Waals surface area (Å²) in [6.07, 6.45) is 1.47. The fraction of sp³-hybridized carbons (Fsp3) is 0.400. The first kappa shape index (κ1) is 13.0. The van der Waals surface area contributed by atoms with Gasteiger partial charge in [-0.05, 0) is 19.1 Å². The number of aliphatic carboxylic acids is 1. The summed E-state index contributed by atoms with van der Waals surface area (Å²) < 4.78 is 5.07. The fourth-order valence-corrected chi connectivity index (χ4v) is 1.19. The van der Waals surface area contributed by atoms with Crippen LogP contribution in [0.1, 0.15) is 18.7 Å². The third-order valence-electron chi connectivity index (χ3n) is 2.10. The number of rotatable bonds is 5. The Morgan fingerprint density at radius 2 is 2.18 bits per heavy atom. The van der Waals surface area contributed by atoms with Crippen molar-refractivity contribution in [3.8, 4) is 0 Å². The maximum atomic E-state index is 11.4. The number of aliphatic hydroxyl groups excluding tert-OH is 1. The monoisotopic (exact) mass is 242 g/mol. The molecule has 2 amide bonds. The van der Waals surface area contributed by atoms with Crippen molar-refractivity contribution in [2.24, 2.45) is 0 Å². The van der Waals surface area contributed by atoms with Gasteiger partial charge >= 0.3 is 12.0 Å². The Hall–Kier alpha value is -2.02. The Kier molecular flexibility index (Phi) is 4.53. The van der Waals surface area contributed by atoms with E-state index in [0.717, 1.165) is 0 Å². The van der Waals surface area contributed by atoms with Gasteiger partial charge in [0.05, 0.1) is 18.9 Å². The Balaban J connectivity index is 2.47. The van der Waals surface area contributed by atoms with Crippen molar-refractivity contribution in [1.29, 1.82) is 0 Å². The Morgan fingerprint density at radius 1 is 1.47 bits per heavy atom. The number of carboxylic acids is 1. The first-order valence-corrected chi connectivity index (χ1v) is 4.98. The van der Waals surface area contributed by atoms with Crippen molar-refractivity contribution in [3.63, 3.8) is 0 Å². The normalized spacial score (nSPS) is 13.8. The third kappa shape index (κ3) is 3.80. The van der Waals surface area contributed by atoms with Crippen LogP contribution in [-0.2, 0) is 4.79 Å². The van der Waals surface area contributed by atoms with Crippen LogP contribution in [0.3, 0.4) is 0 Å². The van der Waals surface area contributed by atoms with Gasteiger partial charge in [-0.2, -0.15) is 0 Å². The molecule has 7 nitrogen and oxygen atoms in total. The number of nitrogens with one attached hydrogen (secondary N) is 2. The van der Waals surface area contributed by atoms with Crippen LogP contribution < -0.4 is 10.6 Å². The molecule has 1 unspecified atom stereocenters. The first-order chi connectivity index (χ1) is 8.04. The number of amides is 2. The topological polar surface area (TPSA) is 112 Å². The van der Waals surface area contributed by atoms with Crippen LogP contribution in [-0.4, -0.2) is 34.9 Å². The van der Waals surface area contributed by atoms with Crippen LogP contribution in [0.25, 0.3) is 0 Å². The Morgan fingerprint density at radius 3 is 2.65 bits per heavy atom. The molecule has 0 aliphatic heterocycles. The molecule has 1 heterocycles. The lowest BCUT2D eigenvalue weighted by Gasteiger charge is -2.15. The number of furan rings is 1. The quantitative estimate of drug-likeness (QED) is 0.584. The zero-order valence-electron chi connectivity index (χ0n) is 9.21. The smallest absolute Gasteiger partial charge is 0.328 e. The molecule has 0 saturated carbocycles. The lowest BCUT2D eigenvalue weighted by molar-refractivity contribution is -0.140. The molecule has 1 aromatic heterocycles. The summed E-state index contributed by atoms with van der Waals surface area (Å²) in [7, 11) is 0. The molecular weight excluding hydrogens is 228 g/mol. The van der Waals surface area contributed by atoms with E-state index < -0.39 is 30.7 Å². The van der Waals surface area contributed by atoms with Crippen LogP contribution in [0.2, 0.25) is 0 Å². The van der Waals surface area contributed by atoms with Crippen LogP contribution >= 0.6 is 0 Å². The number of carbonyl (C=O) groups is 2. The Labute approximate surface area is 97.4 Å². The molecule has 0 aliphatic carbocycles. The van der Waals surface area contributed by atoms with Gasteiger partial charge in [0.25, 0.3) is 0 Å². The van der Waals surface area contributed by atoms with E-state index in [1.165, 1.54) is 6.26 Å². The molecular formula is C10H14N2O5. The van der Waals surface area contributed by atoms with Crippen molar-refractivity contribution >= 4 is 12.0 Å². The number of hydrogen-bond donors (Lipinski definition) is 4. The van der Waals surface area contributed by atoms with Gasteiger partial charge < -0.3 is 25.3 Å². The van der Waals surface area contributed by atoms with Gasteiger partial charge in [-0.15, -0.1) is 0 Å². The minimum Gasteiger partial charge on any atom is -0.480 e. The van der Waals surface area contributed by atoms with E-state index in [9.17, 15) is 9.59 Å². The highest BCUT2D eigenvalue weighted by molar-refractivity contribution is 5.82. The zero-order valence-corrected chi connectivity index (χ0v) is 9.21. The summed E-state index contributed by atoms with van der Waals surface area (Å²) in [5, 5.41) is 21.9. The summed E-state index contributed by atoms with van der Waals surface area (Å²) in [4.78, 5) is 21.9. The zero-order chi connectivity index (χ0) is 12.8. The van der Waals surface area contributed by atoms with E-state index in [4.69, 9.17) is 14.6 Å². The summed E-state index contributed by atoms with van der Waals surface area (Å²) in [6.45, 7) is 1.02. The van der Waals surface area contributed by atoms with E-state index in [0.29, 0.717) is 5.76 Å². The van der Waals surface area contributed by atoms with Crippen LogP contribution in [0.15, 0.2) is 22.8 Å². The van der Waals surface area contributed by atoms with Gasteiger partial charge in [-0.3, -0.25) is 0 Å². The highest BCUT2D eigenvalue weighted by Gasteiger charge is 2.20. The van der Waals surface area contributed by atoms with Crippen molar-refractivity contribution in [2.75, 3.05) is 6.61 Å². The van der Waals surface area contributed by atoms with Crippen molar-refractivity contribution < 1.29 is 24.2 Å². The minimum absolute atomic E-state index is 0.391.